The van der Waals surface area contributed by atoms with Gasteiger partial charge in [0.1, 0.15) is 0 Å². The molecule has 0 radical (unpaired) electrons. The van der Waals surface area contributed by atoms with Crippen molar-refractivity contribution >= 4 is 40.9 Å². The number of halogens is 4. The van der Waals surface area contributed by atoms with Gasteiger partial charge in [0.15, 0.2) is 11.0 Å². The van der Waals surface area contributed by atoms with Gasteiger partial charge in [-0.25, -0.2) is 0 Å². The smallest absolute Gasteiger partial charge is 0.342 e. The summed E-state index contributed by atoms with van der Waals surface area (Å²) in [5.41, 5.74) is 0.307. The van der Waals surface area contributed by atoms with Crippen molar-refractivity contribution in [3.63, 3.8) is 0 Å². The Balaban J connectivity index is 1.70. The number of rotatable bonds is 9. The number of benzene rings is 2. The number of allylic oxidation sites excluding steroid dienone is 1. The Morgan fingerprint density at radius 1 is 1.22 bits per heavy atom. The van der Waals surface area contributed by atoms with Crippen LogP contribution in [0, 0.1) is 6.92 Å². The molecule has 3 rings (SSSR count). The first kappa shape index (κ1) is 27.3. The molecule has 0 saturated heterocycles. The maximum atomic E-state index is 13.0. The molecule has 0 spiro atoms. The molecule has 0 fully saturated rings. The molecule has 36 heavy (non-hydrogen) atoms. The summed E-state index contributed by atoms with van der Waals surface area (Å²) >= 11 is 6.98. The summed E-state index contributed by atoms with van der Waals surface area (Å²) in [6, 6.07) is 9.38. The van der Waals surface area contributed by atoms with Crippen molar-refractivity contribution < 1.29 is 22.8 Å². The zero-order valence-electron chi connectivity index (χ0n) is 19.4. The average molecular weight is 538 g/mol. The predicted molar refractivity (Wildman–Crippen MR) is 133 cm³/mol. The Hall–Kier alpha value is -3.31. The number of thioether (sulfide) groups is 1. The summed E-state index contributed by atoms with van der Waals surface area (Å²) in [5, 5.41) is 13.9. The molecular weight excluding hydrogens is 515 g/mol. The number of amides is 2. The fourth-order valence-electron chi connectivity index (χ4n) is 3.31. The van der Waals surface area contributed by atoms with Crippen molar-refractivity contribution in [2.75, 3.05) is 11.1 Å². The Kier molecular flexibility index (Phi) is 8.80. The number of nitrogens with zero attached hydrogens (tertiary/aromatic N) is 3. The number of hydrogen-bond acceptors (Lipinski definition) is 5. The molecule has 1 heterocycles. The van der Waals surface area contributed by atoms with E-state index in [1.807, 2.05) is 19.1 Å². The van der Waals surface area contributed by atoms with E-state index in [0.717, 1.165) is 35.5 Å². The molecule has 2 aromatic carbocycles. The topological polar surface area (TPSA) is 88.9 Å². The second kappa shape index (κ2) is 11.6. The highest BCUT2D eigenvalue weighted by Gasteiger charge is 2.31. The van der Waals surface area contributed by atoms with Gasteiger partial charge in [-0.3, -0.25) is 9.59 Å². The molecule has 2 N–H and O–H groups in total. The molecule has 1 aromatic heterocycles. The minimum absolute atomic E-state index is 0.0170. The minimum Gasteiger partial charge on any atom is -0.342 e. The van der Waals surface area contributed by atoms with Gasteiger partial charge in [0.05, 0.1) is 28.1 Å². The monoisotopic (exact) mass is 537 g/mol. The van der Waals surface area contributed by atoms with Gasteiger partial charge in [0.2, 0.25) is 5.91 Å². The van der Waals surface area contributed by atoms with Crippen LogP contribution < -0.4 is 10.6 Å². The largest absolute Gasteiger partial charge is 0.416 e. The maximum absolute atomic E-state index is 13.0. The van der Waals surface area contributed by atoms with Crippen LogP contribution in [-0.4, -0.2) is 32.3 Å². The highest BCUT2D eigenvalue weighted by Crippen LogP contribution is 2.34. The minimum atomic E-state index is -4.57. The normalized spacial score (nSPS) is 12.2. The lowest BCUT2D eigenvalue weighted by molar-refractivity contribution is -0.137. The van der Waals surface area contributed by atoms with Gasteiger partial charge in [0.25, 0.3) is 5.91 Å². The van der Waals surface area contributed by atoms with E-state index < -0.39 is 23.7 Å². The third-order valence-electron chi connectivity index (χ3n) is 5.08. The molecule has 3 aromatic rings. The molecule has 0 aliphatic carbocycles. The summed E-state index contributed by atoms with van der Waals surface area (Å²) in [5.74, 6) is -0.538. The van der Waals surface area contributed by atoms with Crippen molar-refractivity contribution in [2.45, 2.75) is 37.8 Å². The van der Waals surface area contributed by atoms with Gasteiger partial charge >= 0.3 is 6.18 Å². The number of anilines is 1. The summed E-state index contributed by atoms with van der Waals surface area (Å²) in [7, 11) is 0. The lowest BCUT2D eigenvalue weighted by Crippen LogP contribution is -2.29. The first-order valence-electron chi connectivity index (χ1n) is 10.7. The fraction of sp³-hybridized carbons (Fsp3) is 0.250. The summed E-state index contributed by atoms with van der Waals surface area (Å²) in [4.78, 5) is 25.1. The summed E-state index contributed by atoms with van der Waals surface area (Å²) in [6.07, 6.45) is -2.95. The van der Waals surface area contributed by atoms with Crippen molar-refractivity contribution in [2.24, 2.45) is 0 Å². The van der Waals surface area contributed by atoms with E-state index in [1.165, 1.54) is 0 Å². The zero-order chi connectivity index (χ0) is 26.5. The van der Waals surface area contributed by atoms with E-state index in [0.29, 0.717) is 23.1 Å². The van der Waals surface area contributed by atoms with Crippen molar-refractivity contribution in [1.82, 2.24) is 20.1 Å². The second-order valence-corrected chi connectivity index (χ2v) is 9.13. The van der Waals surface area contributed by atoms with Crippen LogP contribution >= 0.6 is 23.4 Å². The summed E-state index contributed by atoms with van der Waals surface area (Å²) in [6.45, 7) is 7.64. The van der Waals surface area contributed by atoms with Crippen LogP contribution in [0.5, 0.6) is 0 Å². The first-order valence-corrected chi connectivity index (χ1v) is 12.1. The SMILES string of the molecule is C=CCn1c(SCC(=O)Nc2cc(C(F)(F)F)ccc2Cl)nnc1[C@H](C)NC(=O)c1ccccc1C. The zero-order valence-corrected chi connectivity index (χ0v) is 21.0. The maximum Gasteiger partial charge on any atom is 0.416 e. The second-order valence-electron chi connectivity index (χ2n) is 7.78. The quantitative estimate of drug-likeness (QED) is 0.271. The van der Waals surface area contributed by atoms with Crippen molar-refractivity contribution in [1.29, 1.82) is 0 Å². The van der Waals surface area contributed by atoms with E-state index >= 15 is 0 Å². The van der Waals surface area contributed by atoms with Crippen LogP contribution in [-0.2, 0) is 17.5 Å². The third kappa shape index (κ3) is 6.67. The van der Waals surface area contributed by atoms with E-state index in [1.54, 1.807) is 29.7 Å². The third-order valence-corrected chi connectivity index (χ3v) is 6.38. The average Bonchev–Trinajstić information content (AvgIpc) is 3.21. The molecule has 0 aliphatic heterocycles. The number of carbonyl (C=O) groups excluding carboxylic acids is 2. The highest BCUT2D eigenvalue weighted by molar-refractivity contribution is 7.99. The number of nitrogens with one attached hydrogen (secondary N) is 2. The van der Waals surface area contributed by atoms with Gasteiger partial charge < -0.3 is 15.2 Å². The van der Waals surface area contributed by atoms with Crippen LogP contribution in [0.15, 0.2) is 60.3 Å². The van der Waals surface area contributed by atoms with Gasteiger partial charge in [-0.2, -0.15) is 13.2 Å². The lowest BCUT2D eigenvalue weighted by atomic mass is 10.1. The Morgan fingerprint density at radius 2 is 1.94 bits per heavy atom. The van der Waals surface area contributed by atoms with Crippen molar-refractivity contribution in [3.05, 3.63) is 82.7 Å². The Morgan fingerprint density at radius 3 is 2.61 bits per heavy atom. The molecule has 190 valence electrons. The number of alkyl halides is 3. The molecule has 0 bridgehead atoms. The molecule has 7 nitrogen and oxygen atoms in total. The number of aromatic nitrogens is 3. The molecule has 0 saturated carbocycles. The van der Waals surface area contributed by atoms with Crippen molar-refractivity contribution in [3.8, 4) is 0 Å². The van der Waals surface area contributed by atoms with E-state index in [9.17, 15) is 22.8 Å². The molecule has 1 atom stereocenters. The standard InChI is InChI=1S/C24H23ClF3N5O2S/c1-4-11-33-21(15(3)29-22(35)17-8-6-5-7-14(17)2)31-32-23(33)36-13-20(34)30-19-12-16(24(26,27)28)9-10-18(19)25/h4-10,12,15H,1,11,13H2,2-3H3,(H,29,35)(H,30,34)/t15-/m0/s1. The number of carbonyl (C=O) groups is 2. The summed E-state index contributed by atoms with van der Waals surface area (Å²) < 4.78 is 40.6. The van der Waals surface area contributed by atoms with E-state index in [-0.39, 0.29) is 22.4 Å². The molecule has 2 amide bonds. The fourth-order valence-corrected chi connectivity index (χ4v) is 4.23. The van der Waals surface area contributed by atoms with Gasteiger partial charge in [-0.05, 0) is 43.7 Å². The van der Waals surface area contributed by atoms with Crippen LogP contribution in [0.25, 0.3) is 0 Å². The van der Waals surface area contributed by atoms with E-state index in [2.05, 4.69) is 27.4 Å². The molecule has 12 heteroatoms. The lowest BCUT2D eigenvalue weighted by Gasteiger charge is -2.16. The Labute approximate surface area is 215 Å². The van der Waals surface area contributed by atoms with Gasteiger partial charge in [0, 0.05) is 12.1 Å². The number of aryl methyl sites for hydroxylation is 1. The van der Waals surface area contributed by atoms with E-state index in [4.69, 9.17) is 11.6 Å². The van der Waals surface area contributed by atoms with Crippen LogP contribution in [0.3, 0.4) is 0 Å². The molecule has 0 aliphatic rings. The number of hydrogen-bond donors (Lipinski definition) is 2. The van der Waals surface area contributed by atoms with Crippen LogP contribution in [0.2, 0.25) is 5.02 Å². The van der Waals surface area contributed by atoms with Crippen LogP contribution in [0.4, 0.5) is 18.9 Å². The van der Waals surface area contributed by atoms with Crippen LogP contribution in [0.1, 0.15) is 40.3 Å². The molecular formula is C24H23ClF3N5O2S. The molecule has 0 unspecified atom stereocenters. The Bertz CT molecular complexity index is 1280. The predicted octanol–water partition coefficient (Wildman–Crippen LogP) is 5.67. The highest BCUT2D eigenvalue weighted by atomic mass is 35.5. The van der Waals surface area contributed by atoms with Gasteiger partial charge in [-0.15, -0.1) is 16.8 Å². The first-order chi connectivity index (χ1) is 17.0. The van der Waals surface area contributed by atoms with Gasteiger partial charge in [-0.1, -0.05) is 47.6 Å².